The molecule has 37 heavy (non-hydrogen) atoms. The quantitative estimate of drug-likeness (QED) is 0.288. The molecule has 1 fully saturated rings. The molecule has 9 heteroatoms. The molecule has 8 nitrogen and oxygen atoms in total. The summed E-state index contributed by atoms with van der Waals surface area (Å²) in [5, 5.41) is 25.4. The Hall–Kier alpha value is -3.04. The van der Waals surface area contributed by atoms with Crippen molar-refractivity contribution in [1.29, 1.82) is 0 Å². The number of nitrogens with one attached hydrogen (secondary N) is 2. The van der Waals surface area contributed by atoms with Crippen molar-refractivity contribution in [2.75, 3.05) is 31.6 Å². The van der Waals surface area contributed by atoms with Gasteiger partial charge in [0.2, 0.25) is 5.91 Å². The molecule has 4 N–H and O–H groups in total. The summed E-state index contributed by atoms with van der Waals surface area (Å²) in [5.74, 6) is -2.05. The number of hydrogen-bond donors (Lipinski definition) is 4. The number of hydrogen-bond acceptors (Lipinski definition) is 6. The van der Waals surface area contributed by atoms with E-state index in [-0.39, 0.29) is 6.42 Å². The lowest BCUT2D eigenvalue weighted by Gasteiger charge is -2.25. The number of fused-ring (bicyclic) bond motifs is 1. The van der Waals surface area contributed by atoms with Gasteiger partial charge in [0.15, 0.2) is 0 Å². The number of unbranched alkanes of at least 4 members (excludes halogenated alkanes) is 1. The predicted octanol–water partition coefficient (Wildman–Crippen LogP) is 3.10. The molecule has 1 aliphatic carbocycles. The summed E-state index contributed by atoms with van der Waals surface area (Å²) in [6.07, 6.45) is 7.63. The number of aromatic nitrogens is 1. The maximum atomic E-state index is 13.2. The van der Waals surface area contributed by atoms with Crippen LogP contribution in [0.1, 0.15) is 61.3 Å². The van der Waals surface area contributed by atoms with E-state index in [1.807, 2.05) is 0 Å². The number of pyridine rings is 1. The Morgan fingerprint density at radius 2 is 1.92 bits per heavy atom. The van der Waals surface area contributed by atoms with Crippen LogP contribution in [0.25, 0.3) is 0 Å². The van der Waals surface area contributed by atoms with Gasteiger partial charge in [-0.15, -0.1) is 0 Å². The third kappa shape index (κ3) is 7.72. The first-order valence-electron chi connectivity index (χ1n) is 13.3. The Morgan fingerprint density at radius 3 is 2.62 bits per heavy atom. The summed E-state index contributed by atoms with van der Waals surface area (Å²) in [4.78, 5) is 31.7. The Labute approximate surface area is 217 Å². The van der Waals surface area contributed by atoms with E-state index in [2.05, 4.69) is 27.7 Å². The SMILES string of the molecule is O=C(N[C@@H](CCN(CCCCc1ccc2c(n1)NCCC2)C1CC1)C(=O)O)C(CO)c1ccc(F)cc1. The topological polar surface area (TPSA) is 115 Å². The van der Waals surface area contributed by atoms with Crippen LogP contribution >= 0.6 is 0 Å². The van der Waals surface area contributed by atoms with Gasteiger partial charge in [-0.1, -0.05) is 18.2 Å². The van der Waals surface area contributed by atoms with Crippen LogP contribution in [-0.4, -0.2) is 70.3 Å². The van der Waals surface area contributed by atoms with Gasteiger partial charge in [0.25, 0.3) is 0 Å². The molecule has 0 bridgehead atoms. The maximum absolute atomic E-state index is 13.2. The number of aliphatic carboxylic acids is 1. The molecule has 1 unspecified atom stereocenters. The van der Waals surface area contributed by atoms with Crippen LogP contribution in [0, 0.1) is 5.82 Å². The fraction of sp³-hybridized carbons (Fsp3) is 0.536. The Balaban J connectivity index is 1.25. The van der Waals surface area contributed by atoms with E-state index >= 15 is 0 Å². The summed E-state index contributed by atoms with van der Waals surface area (Å²) >= 11 is 0. The maximum Gasteiger partial charge on any atom is 0.326 e. The van der Waals surface area contributed by atoms with Gasteiger partial charge in [0.05, 0.1) is 12.5 Å². The van der Waals surface area contributed by atoms with E-state index in [1.54, 1.807) is 0 Å². The third-order valence-corrected chi connectivity index (χ3v) is 7.23. The van der Waals surface area contributed by atoms with Gasteiger partial charge >= 0.3 is 5.97 Å². The molecule has 1 amide bonds. The van der Waals surface area contributed by atoms with Crippen LogP contribution < -0.4 is 10.6 Å². The second-order valence-corrected chi connectivity index (χ2v) is 10.0. The first-order valence-corrected chi connectivity index (χ1v) is 13.3. The number of aliphatic hydroxyl groups excluding tert-OH is 1. The number of carboxylic acids is 1. The van der Waals surface area contributed by atoms with Gasteiger partial charge in [-0.2, -0.15) is 0 Å². The predicted molar refractivity (Wildman–Crippen MR) is 139 cm³/mol. The van der Waals surface area contributed by atoms with Crippen LogP contribution in [0.3, 0.4) is 0 Å². The van der Waals surface area contributed by atoms with Crippen molar-refractivity contribution in [2.24, 2.45) is 0 Å². The van der Waals surface area contributed by atoms with Gasteiger partial charge in [-0.3, -0.25) is 4.79 Å². The van der Waals surface area contributed by atoms with Crippen LogP contribution in [0.5, 0.6) is 0 Å². The summed E-state index contributed by atoms with van der Waals surface area (Å²) < 4.78 is 13.2. The number of halogens is 1. The molecular formula is C28H37FN4O4. The van der Waals surface area contributed by atoms with Gasteiger partial charge in [0, 0.05) is 24.8 Å². The first kappa shape index (κ1) is 27.0. The number of aryl methyl sites for hydroxylation is 2. The van der Waals surface area contributed by atoms with E-state index in [4.69, 9.17) is 4.98 Å². The van der Waals surface area contributed by atoms with E-state index < -0.39 is 36.3 Å². The van der Waals surface area contributed by atoms with E-state index in [1.165, 1.54) is 29.8 Å². The van der Waals surface area contributed by atoms with Gasteiger partial charge in [0.1, 0.15) is 17.7 Å². The molecule has 2 aliphatic rings. The minimum Gasteiger partial charge on any atom is -0.480 e. The molecule has 2 aromatic rings. The highest BCUT2D eigenvalue weighted by molar-refractivity contribution is 5.88. The normalized spacial score (nSPS) is 16.5. The minimum atomic E-state index is -1.10. The van der Waals surface area contributed by atoms with Crippen molar-refractivity contribution in [3.8, 4) is 0 Å². The number of nitrogens with zero attached hydrogens (tertiary/aromatic N) is 2. The Kier molecular flexibility index (Phi) is 9.46. The highest BCUT2D eigenvalue weighted by Crippen LogP contribution is 2.28. The van der Waals surface area contributed by atoms with Crippen molar-refractivity contribution in [3.63, 3.8) is 0 Å². The molecule has 0 saturated heterocycles. The zero-order chi connectivity index (χ0) is 26.2. The lowest BCUT2D eigenvalue weighted by atomic mass is 9.98. The number of carboxylic acid groups (broad SMARTS) is 1. The molecule has 1 aromatic carbocycles. The number of benzene rings is 1. The van der Waals surface area contributed by atoms with Crippen molar-refractivity contribution < 1.29 is 24.2 Å². The van der Waals surface area contributed by atoms with Gasteiger partial charge < -0.3 is 25.7 Å². The van der Waals surface area contributed by atoms with Crippen molar-refractivity contribution in [3.05, 3.63) is 59.0 Å². The fourth-order valence-electron chi connectivity index (χ4n) is 4.91. The van der Waals surface area contributed by atoms with E-state index in [0.29, 0.717) is 18.2 Å². The van der Waals surface area contributed by atoms with Crippen LogP contribution in [-0.2, 0) is 22.4 Å². The van der Waals surface area contributed by atoms with Gasteiger partial charge in [-0.05, 0) is 87.2 Å². The van der Waals surface area contributed by atoms with E-state index in [9.17, 15) is 24.2 Å². The monoisotopic (exact) mass is 512 g/mol. The molecule has 0 radical (unpaired) electrons. The molecule has 200 valence electrons. The van der Waals surface area contributed by atoms with Crippen LogP contribution in [0.2, 0.25) is 0 Å². The third-order valence-electron chi connectivity index (χ3n) is 7.23. The van der Waals surface area contributed by atoms with Crippen LogP contribution in [0.15, 0.2) is 36.4 Å². The van der Waals surface area contributed by atoms with Crippen molar-refractivity contribution >= 4 is 17.7 Å². The Morgan fingerprint density at radius 1 is 1.14 bits per heavy atom. The van der Waals surface area contributed by atoms with Gasteiger partial charge in [-0.25, -0.2) is 14.2 Å². The number of aliphatic hydroxyl groups is 1. The molecular weight excluding hydrogens is 475 g/mol. The lowest BCUT2D eigenvalue weighted by molar-refractivity contribution is -0.142. The molecule has 2 heterocycles. The van der Waals surface area contributed by atoms with Crippen molar-refractivity contribution in [1.82, 2.24) is 15.2 Å². The zero-order valence-corrected chi connectivity index (χ0v) is 21.2. The largest absolute Gasteiger partial charge is 0.480 e. The van der Waals surface area contributed by atoms with Crippen LogP contribution in [0.4, 0.5) is 10.2 Å². The molecule has 2 atom stereocenters. The lowest BCUT2D eigenvalue weighted by Crippen LogP contribution is -2.45. The summed E-state index contributed by atoms with van der Waals surface area (Å²) in [6.45, 7) is 1.93. The molecule has 4 rings (SSSR count). The fourth-order valence-corrected chi connectivity index (χ4v) is 4.91. The summed E-state index contributed by atoms with van der Waals surface area (Å²) in [7, 11) is 0. The first-order chi connectivity index (χ1) is 17.9. The van der Waals surface area contributed by atoms with Crippen molar-refractivity contribution in [2.45, 2.75) is 69.4 Å². The molecule has 1 aromatic heterocycles. The standard InChI is InChI=1S/C28H37FN4O4/c29-21-9-6-19(7-10-21)24(18-34)27(35)32-25(28(36)37)14-17-33(23-12-13-23)16-2-1-5-22-11-8-20-4-3-15-30-26(20)31-22/h6-11,23-25,34H,1-5,12-18H2,(H,30,31)(H,32,35)(H,36,37)/t24?,25-/m0/s1. The second kappa shape index (κ2) is 13.0. The number of carbonyl (C=O) groups is 2. The Bertz CT molecular complexity index is 1060. The highest BCUT2D eigenvalue weighted by Gasteiger charge is 2.31. The second-order valence-electron chi connectivity index (χ2n) is 10.0. The number of carbonyl (C=O) groups excluding carboxylic acids is 1. The summed E-state index contributed by atoms with van der Waals surface area (Å²) in [5.41, 5.74) is 2.83. The van der Waals surface area contributed by atoms with E-state index in [0.717, 1.165) is 69.5 Å². The number of rotatable bonds is 14. The zero-order valence-electron chi connectivity index (χ0n) is 21.2. The highest BCUT2D eigenvalue weighted by atomic mass is 19.1. The molecule has 1 saturated carbocycles. The average Bonchev–Trinajstić information content (AvgIpc) is 3.74. The average molecular weight is 513 g/mol. The minimum absolute atomic E-state index is 0.275. The summed E-state index contributed by atoms with van der Waals surface area (Å²) in [6, 6.07) is 9.00. The smallest absolute Gasteiger partial charge is 0.326 e. The number of anilines is 1. The molecule has 1 aliphatic heterocycles. The number of amides is 1. The molecule has 0 spiro atoms.